The fourth-order valence-corrected chi connectivity index (χ4v) is 1.20. The number of halogens is 1. The summed E-state index contributed by atoms with van der Waals surface area (Å²) >= 11 is 0. The summed E-state index contributed by atoms with van der Waals surface area (Å²) in [6, 6.07) is 9.99. The number of pyridine rings is 1. The molecular weight excluding hydrogens is 165 g/mol. The van der Waals surface area contributed by atoms with Crippen LogP contribution in [0, 0.1) is 18.2 Å². The average Bonchev–Trinajstić information content (AvgIpc) is 2.19. The molecule has 0 saturated carbocycles. The molecule has 0 aliphatic heterocycles. The quantitative estimate of drug-likeness (QED) is 0.553. The van der Waals surface area contributed by atoms with Gasteiger partial charge in [0, 0.05) is 23.2 Å². The average molecular weight is 170 g/mol. The van der Waals surface area contributed by atoms with E-state index in [9.17, 15) is 4.39 Å². The van der Waals surface area contributed by atoms with E-state index in [1.165, 1.54) is 6.17 Å². The molecule has 2 heteroatoms. The summed E-state index contributed by atoms with van der Waals surface area (Å²) in [7, 11) is 0. The maximum absolute atomic E-state index is 11.8. The van der Waals surface area contributed by atoms with Gasteiger partial charge in [-0.05, 0) is 24.1 Å². The van der Waals surface area contributed by atoms with E-state index in [2.05, 4.69) is 17.0 Å². The van der Waals surface area contributed by atoms with E-state index in [0.29, 0.717) is 5.56 Å². The summed E-state index contributed by atoms with van der Waals surface area (Å²) in [5.74, 6) is 2.37. The highest BCUT2D eigenvalue weighted by Crippen LogP contribution is 2.14. The molecule has 0 aliphatic rings. The van der Waals surface area contributed by atoms with Gasteiger partial charge in [0.2, 0.25) is 0 Å². The number of nitrogens with zero attached hydrogens (tertiary/aromatic N) is 1. The monoisotopic (exact) mass is 170 g/mol. The SMILES string of the molecule is FC#Cc1cccc2nc[c]cc12. The first-order valence-corrected chi connectivity index (χ1v) is 3.78. The van der Waals surface area contributed by atoms with Gasteiger partial charge in [-0.1, -0.05) is 6.07 Å². The Balaban J connectivity index is 2.80. The standard InChI is InChI=1S/C11H5FN/c12-7-6-9-3-1-5-11-10(9)4-2-8-13-11/h1,3-5,8H. The molecule has 0 bridgehead atoms. The molecule has 1 aromatic carbocycles. The van der Waals surface area contributed by atoms with Gasteiger partial charge in [-0.3, -0.25) is 4.98 Å². The van der Waals surface area contributed by atoms with Gasteiger partial charge in [-0.25, -0.2) is 0 Å². The van der Waals surface area contributed by atoms with Gasteiger partial charge in [0.05, 0.1) is 5.52 Å². The predicted octanol–water partition coefficient (Wildman–Crippen LogP) is 2.31. The molecule has 61 valence electrons. The number of hydrogen-bond acceptors (Lipinski definition) is 1. The van der Waals surface area contributed by atoms with E-state index >= 15 is 0 Å². The molecular formula is C11H5FN. The zero-order valence-electron chi connectivity index (χ0n) is 6.71. The van der Waals surface area contributed by atoms with E-state index < -0.39 is 0 Å². The highest BCUT2D eigenvalue weighted by atomic mass is 19.1. The summed E-state index contributed by atoms with van der Waals surface area (Å²) in [5.41, 5.74) is 1.45. The molecule has 1 heterocycles. The second-order valence-electron chi connectivity index (χ2n) is 2.53. The van der Waals surface area contributed by atoms with Crippen LogP contribution in [0.4, 0.5) is 4.39 Å². The number of rotatable bonds is 0. The van der Waals surface area contributed by atoms with E-state index in [-0.39, 0.29) is 0 Å². The van der Waals surface area contributed by atoms with E-state index in [4.69, 9.17) is 0 Å². The number of fused-ring (bicyclic) bond motifs is 1. The number of hydrogen-bond donors (Lipinski definition) is 0. The first-order chi connectivity index (χ1) is 6.42. The molecule has 0 amide bonds. The summed E-state index contributed by atoms with van der Waals surface area (Å²) < 4.78 is 11.8. The van der Waals surface area contributed by atoms with Crippen LogP contribution in [0.5, 0.6) is 0 Å². The Morgan fingerprint density at radius 2 is 2.31 bits per heavy atom. The fourth-order valence-electron chi connectivity index (χ4n) is 1.20. The number of aromatic nitrogens is 1. The van der Waals surface area contributed by atoms with Crippen LogP contribution >= 0.6 is 0 Å². The predicted molar refractivity (Wildman–Crippen MR) is 48.6 cm³/mol. The molecule has 1 aromatic heterocycles. The van der Waals surface area contributed by atoms with Crippen LogP contribution < -0.4 is 0 Å². The van der Waals surface area contributed by atoms with Crippen molar-refractivity contribution in [3.8, 4) is 12.1 Å². The zero-order valence-corrected chi connectivity index (χ0v) is 6.71. The molecule has 0 saturated heterocycles. The highest BCUT2D eigenvalue weighted by molar-refractivity contribution is 5.84. The van der Waals surface area contributed by atoms with Gasteiger partial charge in [0.15, 0.2) is 0 Å². The van der Waals surface area contributed by atoms with E-state index in [0.717, 1.165) is 10.9 Å². The third-order valence-electron chi connectivity index (χ3n) is 1.77. The molecule has 0 N–H and O–H groups in total. The minimum atomic E-state index is 0.643. The maximum Gasteiger partial charge on any atom is 0.111 e. The van der Waals surface area contributed by atoms with Gasteiger partial charge >= 0.3 is 0 Å². The van der Waals surface area contributed by atoms with E-state index in [1.54, 1.807) is 24.4 Å². The van der Waals surface area contributed by atoms with Crippen molar-refractivity contribution in [3.05, 3.63) is 42.1 Å². The lowest BCUT2D eigenvalue weighted by Crippen LogP contribution is -1.81. The van der Waals surface area contributed by atoms with Crippen LogP contribution in [0.2, 0.25) is 0 Å². The van der Waals surface area contributed by atoms with Gasteiger partial charge < -0.3 is 0 Å². The van der Waals surface area contributed by atoms with Crippen molar-refractivity contribution in [2.45, 2.75) is 0 Å². The second-order valence-corrected chi connectivity index (χ2v) is 2.53. The Bertz CT molecular complexity index is 489. The van der Waals surface area contributed by atoms with Crippen LogP contribution in [0.15, 0.2) is 30.5 Å². The molecule has 0 atom stereocenters. The van der Waals surface area contributed by atoms with Crippen molar-refractivity contribution in [3.63, 3.8) is 0 Å². The third kappa shape index (κ3) is 1.36. The summed E-state index contributed by atoms with van der Waals surface area (Å²) in [5, 5.41) is 0.829. The Hall–Kier alpha value is -1.88. The van der Waals surface area contributed by atoms with Crippen LogP contribution in [-0.4, -0.2) is 4.98 Å². The molecule has 0 fully saturated rings. The van der Waals surface area contributed by atoms with Crippen LogP contribution in [-0.2, 0) is 0 Å². The van der Waals surface area contributed by atoms with Crippen LogP contribution in [0.1, 0.15) is 5.56 Å². The zero-order chi connectivity index (χ0) is 9.10. The van der Waals surface area contributed by atoms with Gasteiger partial charge in [-0.2, -0.15) is 0 Å². The first-order valence-electron chi connectivity index (χ1n) is 3.78. The van der Waals surface area contributed by atoms with Crippen molar-refractivity contribution < 1.29 is 4.39 Å². The van der Waals surface area contributed by atoms with Crippen molar-refractivity contribution in [1.29, 1.82) is 0 Å². The summed E-state index contributed by atoms with van der Waals surface area (Å²) in [6.07, 6.45) is 2.96. The molecule has 0 aliphatic carbocycles. The first kappa shape index (κ1) is 7.75. The topological polar surface area (TPSA) is 12.9 Å². The lowest BCUT2D eigenvalue weighted by Gasteiger charge is -1.97. The molecule has 0 spiro atoms. The summed E-state index contributed by atoms with van der Waals surface area (Å²) in [6.45, 7) is 0. The van der Waals surface area contributed by atoms with E-state index in [1.807, 2.05) is 6.07 Å². The van der Waals surface area contributed by atoms with Gasteiger partial charge in [-0.15, -0.1) is 4.39 Å². The normalized spacial score (nSPS) is 9.31. The van der Waals surface area contributed by atoms with Crippen molar-refractivity contribution in [1.82, 2.24) is 4.98 Å². The van der Waals surface area contributed by atoms with Crippen molar-refractivity contribution >= 4 is 10.9 Å². The van der Waals surface area contributed by atoms with Crippen molar-refractivity contribution in [2.75, 3.05) is 0 Å². The Morgan fingerprint density at radius 3 is 3.15 bits per heavy atom. The molecule has 2 aromatic rings. The Labute approximate surface area is 75.2 Å². The largest absolute Gasteiger partial charge is 0.256 e. The van der Waals surface area contributed by atoms with Crippen molar-refractivity contribution in [2.24, 2.45) is 0 Å². The lowest BCUT2D eigenvalue weighted by atomic mass is 10.1. The van der Waals surface area contributed by atoms with Crippen LogP contribution in [0.3, 0.4) is 0 Å². The summed E-state index contributed by atoms with van der Waals surface area (Å²) in [4.78, 5) is 4.08. The van der Waals surface area contributed by atoms with Crippen LogP contribution in [0.25, 0.3) is 10.9 Å². The Kier molecular flexibility index (Phi) is 1.93. The molecule has 2 rings (SSSR count). The number of benzene rings is 1. The lowest BCUT2D eigenvalue weighted by molar-refractivity contribution is 0.774. The third-order valence-corrected chi connectivity index (χ3v) is 1.77. The fraction of sp³-hybridized carbons (Fsp3) is 0. The Morgan fingerprint density at radius 1 is 1.38 bits per heavy atom. The maximum atomic E-state index is 11.8. The molecule has 13 heavy (non-hydrogen) atoms. The molecule has 1 nitrogen and oxygen atoms in total. The second kappa shape index (κ2) is 3.24. The minimum Gasteiger partial charge on any atom is -0.256 e. The molecule has 0 unspecified atom stereocenters. The minimum absolute atomic E-state index is 0.643. The highest BCUT2D eigenvalue weighted by Gasteiger charge is 1.96. The smallest absolute Gasteiger partial charge is 0.111 e. The molecule has 1 radical (unpaired) electrons. The van der Waals surface area contributed by atoms with Gasteiger partial charge in [0.25, 0.3) is 0 Å². The van der Waals surface area contributed by atoms with Gasteiger partial charge in [0.1, 0.15) is 6.17 Å².